The van der Waals surface area contributed by atoms with Gasteiger partial charge < -0.3 is 24.1 Å². The van der Waals surface area contributed by atoms with Crippen LogP contribution in [0.2, 0.25) is 0 Å². The van der Waals surface area contributed by atoms with Gasteiger partial charge >= 0.3 is 0 Å². The van der Waals surface area contributed by atoms with Crippen LogP contribution in [0.25, 0.3) is 0 Å². The van der Waals surface area contributed by atoms with Crippen molar-refractivity contribution in [2.24, 2.45) is 0 Å². The van der Waals surface area contributed by atoms with Crippen LogP contribution < -0.4 is 0 Å². The molecule has 0 radical (unpaired) electrons. The normalized spacial score (nSPS) is 40.4. The van der Waals surface area contributed by atoms with Crippen molar-refractivity contribution in [2.45, 2.75) is 69.8 Å². The van der Waals surface area contributed by atoms with Crippen molar-refractivity contribution >= 4 is 10.1 Å². The standard InChI is InChI=1S/C13H24O8S/c1-7(14)13(8(2)21-22(6,15)16)10(17-5)9-11(20-13)19-12(3,4)18-9/h7-11,14H,1-6H3/t7-,8-,9+,10-,11-,13-/m0/s1. The van der Waals surface area contributed by atoms with E-state index in [2.05, 4.69) is 0 Å². The summed E-state index contributed by atoms with van der Waals surface area (Å²) in [6, 6.07) is 0. The highest BCUT2D eigenvalue weighted by molar-refractivity contribution is 7.86. The highest BCUT2D eigenvalue weighted by atomic mass is 32.2. The van der Waals surface area contributed by atoms with Gasteiger partial charge in [0.1, 0.15) is 18.3 Å². The van der Waals surface area contributed by atoms with E-state index in [4.69, 9.17) is 23.1 Å². The van der Waals surface area contributed by atoms with Crippen LogP contribution in [0.5, 0.6) is 0 Å². The predicted octanol–water partition coefficient (Wildman–Crippen LogP) is -0.00650. The predicted molar refractivity (Wildman–Crippen MR) is 75.5 cm³/mol. The van der Waals surface area contributed by atoms with Crippen molar-refractivity contribution in [2.75, 3.05) is 13.4 Å². The maximum atomic E-state index is 11.4. The van der Waals surface area contributed by atoms with Gasteiger partial charge in [0, 0.05) is 7.11 Å². The molecular weight excluding hydrogens is 316 g/mol. The molecule has 1 N–H and O–H groups in total. The third kappa shape index (κ3) is 3.03. The molecule has 22 heavy (non-hydrogen) atoms. The third-order valence-electron chi connectivity index (χ3n) is 4.01. The average Bonchev–Trinajstić information content (AvgIpc) is 2.75. The van der Waals surface area contributed by atoms with E-state index < -0.39 is 52.2 Å². The molecule has 130 valence electrons. The topological polar surface area (TPSA) is 101 Å². The van der Waals surface area contributed by atoms with Crippen molar-refractivity contribution in [1.29, 1.82) is 0 Å². The van der Waals surface area contributed by atoms with Crippen LogP contribution in [0.1, 0.15) is 27.7 Å². The lowest BCUT2D eigenvalue weighted by atomic mass is 9.85. The van der Waals surface area contributed by atoms with Gasteiger partial charge in [0.05, 0.1) is 12.4 Å². The van der Waals surface area contributed by atoms with Crippen LogP contribution in [0, 0.1) is 0 Å². The minimum absolute atomic E-state index is 0.597. The molecule has 6 atom stereocenters. The maximum absolute atomic E-state index is 11.4. The van der Waals surface area contributed by atoms with Crippen LogP contribution in [0.3, 0.4) is 0 Å². The molecule has 8 nitrogen and oxygen atoms in total. The first-order chi connectivity index (χ1) is 9.93. The quantitative estimate of drug-likeness (QED) is 0.698. The molecule has 2 saturated heterocycles. The van der Waals surface area contributed by atoms with Gasteiger partial charge in [-0.15, -0.1) is 0 Å². The Morgan fingerprint density at radius 3 is 2.23 bits per heavy atom. The van der Waals surface area contributed by atoms with Gasteiger partial charge in [-0.3, -0.25) is 4.18 Å². The number of fused-ring (bicyclic) bond motifs is 1. The van der Waals surface area contributed by atoms with E-state index in [9.17, 15) is 13.5 Å². The van der Waals surface area contributed by atoms with E-state index in [-0.39, 0.29) is 0 Å². The second-order valence-corrected chi connectivity index (χ2v) is 7.82. The van der Waals surface area contributed by atoms with Crippen LogP contribution in [-0.2, 0) is 33.2 Å². The van der Waals surface area contributed by atoms with Gasteiger partial charge in [-0.25, -0.2) is 0 Å². The van der Waals surface area contributed by atoms with Gasteiger partial charge in [-0.05, 0) is 27.7 Å². The fraction of sp³-hybridized carbons (Fsp3) is 1.00. The lowest BCUT2D eigenvalue weighted by Crippen LogP contribution is -2.60. The molecule has 2 aliphatic heterocycles. The zero-order valence-electron chi connectivity index (χ0n) is 13.6. The molecule has 9 heteroatoms. The molecule has 0 aromatic heterocycles. The zero-order chi connectivity index (χ0) is 16.9. The molecule has 0 aliphatic carbocycles. The fourth-order valence-electron chi connectivity index (χ4n) is 3.24. The van der Waals surface area contributed by atoms with Crippen molar-refractivity contribution < 1.29 is 36.7 Å². The Morgan fingerprint density at radius 2 is 1.77 bits per heavy atom. The second kappa shape index (κ2) is 5.66. The summed E-state index contributed by atoms with van der Waals surface area (Å²) in [6.45, 7) is 6.47. The number of ether oxygens (including phenoxy) is 4. The second-order valence-electron chi connectivity index (χ2n) is 6.21. The number of aliphatic hydroxyl groups is 1. The van der Waals surface area contributed by atoms with Crippen molar-refractivity contribution in [1.82, 2.24) is 0 Å². The first-order valence-corrected chi connectivity index (χ1v) is 8.87. The summed E-state index contributed by atoms with van der Waals surface area (Å²) in [6.07, 6.45) is -3.26. The van der Waals surface area contributed by atoms with Crippen molar-refractivity contribution in [3.8, 4) is 0 Å². The van der Waals surface area contributed by atoms with Gasteiger partial charge in [0.2, 0.25) is 0 Å². The van der Waals surface area contributed by atoms with Gasteiger partial charge in [-0.1, -0.05) is 0 Å². The molecular formula is C13H24O8S. The summed E-state index contributed by atoms with van der Waals surface area (Å²) in [4.78, 5) is 0. The number of aliphatic hydroxyl groups excluding tert-OH is 1. The first kappa shape index (κ1) is 18.1. The molecule has 0 aromatic carbocycles. The van der Waals surface area contributed by atoms with E-state index in [1.807, 2.05) is 0 Å². The molecule has 2 aliphatic rings. The Morgan fingerprint density at radius 1 is 1.18 bits per heavy atom. The number of methoxy groups -OCH3 is 1. The Labute approximate surface area is 130 Å². The van der Waals surface area contributed by atoms with Gasteiger partial charge in [0.15, 0.2) is 17.7 Å². The molecule has 2 rings (SSSR count). The van der Waals surface area contributed by atoms with E-state index >= 15 is 0 Å². The first-order valence-electron chi connectivity index (χ1n) is 7.05. The highest BCUT2D eigenvalue weighted by Crippen LogP contribution is 2.47. The van der Waals surface area contributed by atoms with Crippen LogP contribution in [0.15, 0.2) is 0 Å². The van der Waals surface area contributed by atoms with E-state index in [1.165, 1.54) is 21.0 Å². The summed E-state index contributed by atoms with van der Waals surface area (Å²) in [5.41, 5.74) is -1.43. The molecule has 0 aromatic rings. The van der Waals surface area contributed by atoms with Gasteiger partial charge in [0.25, 0.3) is 10.1 Å². The SMILES string of the molecule is CO[C@H]1[C@H]2OC(C)(C)O[C@H]2O[C@@]1([C@H](C)O)[C@H](C)OS(C)(=O)=O. The summed E-state index contributed by atoms with van der Waals surface area (Å²) in [7, 11) is -2.30. The molecule has 0 bridgehead atoms. The average molecular weight is 340 g/mol. The Bertz CT molecular complexity index is 516. The van der Waals surface area contributed by atoms with Gasteiger partial charge in [-0.2, -0.15) is 8.42 Å². The van der Waals surface area contributed by atoms with E-state index in [0.29, 0.717) is 0 Å². The number of hydrogen-bond donors (Lipinski definition) is 1. The highest BCUT2D eigenvalue weighted by Gasteiger charge is 2.67. The molecule has 2 heterocycles. The van der Waals surface area contributed by atoms with Crippen LogP contribution >= 0.6 is 0 Å². The third-order valence-corrected chi connectivity index (χ3v) is 4.65. The van der Waals surface area contributed by atoms with Crippen molar-refractivity contribution in [3.05, 3.63) is 0 Å². The Kier molecular flexibility index (Phi) is 4.64. The minimum Gasteiger partial charge on any atom is -0.390 e. The summed E-state index contributed by atoms with van der Waals surface area (Å²) < 4.78 is 50.7. The summed E-state index contributed by atoms with van der Waals surface area (Å²) >= 11 is 0. The molecule has 2 fully saturated rings. The smallest absolute Gasteiger partial charge is 0.264 e. The number of rotatable bonds is 5. The summed E-state index contributed by atoms with van der Waals surface area (Å²) in [5, 5.41) is 10.3. The zero-order valence-corrected chi connectivity index (χ0v) is 14.4. The van der Waals surface area contributed by atoms with Crippen molar-refractivity contribution in [3.63, 3.8) is 0 Å². The summed E-state index contributed by atoms with van der Waals surface area (Å²) in [5.74, 6) is -0.849. The Balaban J connectivity index is 2.36. The lowest BCUT2D eigenvalue weighted by molar-refractivity contribution is -0.275. The molecule has 0 spiro atoms. The van der Waals surface area contributed by atoms with Crippen LogP contribution in [0.4, 0.5) is 0 Å². The lowest BCUT2D eigenvalue weighted by Gasteiger charge is -2.41. The van der Waals surface area contributed by atoms with E-state index in [0.717, 1.165) is 6.26 Å². The molecule has 0 amide bonds. The monoisotopic (exact) mass is 340 g/mol. The number of hydrogen-bond acceptors (Lipinski definition) is 8. The maximum Gasteiger partial charge on any atom is 0.264 e. The van der Waals surface area contributed by atoms with Crippen LogP contribution in [-0.4, -0.2) is 69.0 Å². The Hall–Kier alpha value is -0.290. The largest absolute Gasteiger partial charge is 0.390 e. The van der Waals surface area contributed by atoms with E-state index in [1.54, 1.807) is 13.8 Å². The fourth-order valence-corrected chi connectivity index (χ4v) is 3.91. The minimum atomic E-state index is -3.74. The molecule has 0 saturated carbocycles. The molecule has 0 unspecified atom stereocenters.